The molecule has 0 bridgehead atoms. The van der Waals surface area contributed by atoms with Gasteiger partial charge < -0.3 is 20.1 Å². The van der Waals surface area contributed by atoms with Crippen LogP contribution in [-0.4, -0.2) is 51.2 Å². The Bertz CT molecular complexity index is 874. The average molecular weight is 429 g/mol. The van der Waals surface area contributed by atoms with Gasteiger partial charge in [-0.3, -0.25) is 9.59 Å². The van der Waals surface area contributed by atoms with Crippen molar-refractivity contribution in [3.63, 3.8) is 0 Å². The zero-order valence-electron chi connectivity index (χ0n) is 17.3. The van der Waals surface area contributed by atoms with Crippen molar-refractivity contribution in [2.45, 2.75) is 50.7 Å². The molecule has 0 aliphatic carbocycles. The van der Waals surface area contributed by atoms with Gasteiger partial charge in [-0.1, -0.05) is 12.1 Å². The molecule has 0 aromatic heterocycles. The molecule has 162 valence electrons. The summed E-state index contributed by atoms with van der Waals surface area (Å²) in [5, 5.41) is 4.70. The Morgan fingerprint density at radius 2 is 1.62 bits per heavy atom. The number of hydrogen-bond donors (Lipinski definition) is 3. The SMILES string of the molecule is COC(=O)C(C)(C)NS(=O)(=O)c1ccccc1NC(=O)CNC(=O)OC(C)(C)C. The summed E-state index contributed by atoms with van der Waals surface area (Å²) in [7, 11) is -3.04. The predicted molar refractivity (Wildman–Crippen MR) is 106 cm³/mol. The highest BCUT2D eigenvalue weighted by Gasteiger charge is 2.35. The minimum absolute atomic E-state index is 0.0170. The lowest BCUT2D eigenvalue weighted by atomic mass is 10.1. The van der Waals surface area contributed by atoms with Crippen LogP contribution in [0.1, 0.15) is 34.6 Å². The van der Waals surface area contributed by atoms with Gasteiger partial charge in [-0.05, 0) is 46.8 Å². The fourth-order valence-corrected chi connectivity index (χ4v) is 3.68. The fraction of sp³-hybridized carbons (Fsp3) is 0.500. The first-order valence-corrected chi connectivity index (χ1v) is 10.1. The molecule has 0 saturated heterocycles. The molecule has 0 aliphatic rings. The summed E-state index contributed by atoms with van der Waals surface area (Å²) in [6.45, 7) is 7.30. The Morgan fingerprint density at radius 3 is 2.17 bits per heavy atom. The number of anilines is 1. The second-order valence-corrected chi connectivity index (χ2v) is 9.27. The van der Waals surface area contributed by atoms with Gasteiger partial charge in [0.05, 0.1) is 12.8 Å². The summed E-state index contributed by atoms with van der Waals surface area (Å²) < 4.78 is 37.3. The number of amides is 2. The molecule has 0 spiro atoms. The maximum Gasteiger partial charge on any atom is 0.408 e. The summed E-state index contributed by atoms with van der Waals surface area (Å²) in [6, 6.07) is 5.65. The van der Waals surface area contributed by atoms with Crippen LogP contribution in [0.15, 0.2) is 29.2 Å². The molecular formula is C18H27N3O7S. The molecule has 0 unspecified atom stereocenters. The number of benzene rings is 1. The van der Waals surface area contributed by atoms with Crippen molar-refractivity contribution in [3.05, 3.63) is 24.3 Å². The Labute approximate surface area is 170 Å². The third-order valence-corrected chi connectivity index (χ3v) is 5.04. The van der Waals surface area contributed by atoms with Gasteiger partial charge in [-0.15, -0.1) is 0 Å². The zero-order valence-corrected chi connectivity index (χ0v) is 18.1. The van der Waals surface area contributed by atoms with Gasteiger partial charge in [0.15, 0.2) is 0 Å². The van der Waals surface area contributed by atoms with E-state index in [0.717, 1.165) is 7.11 Å². The molecule has 0 saturated carbocycles. The van der Waals surface area contributed by atoms with Crippen molar-refractivity contribution in [3.8, 4) is 0 Å². The monoisotopic (exact) mass is 429 g/mol. The number of carbonyl (C=O) groups is 3. The minimum atomic E-state index is -4.18. The molecule has 0 fully saturated rings. The molecule has 11 heteroatoms. The van der Waals surface area contributed by atoms with E-state index in [1.807, 2.05) is 0 Å². The third kappa shape index (κ3) is 7.70. The molecule has 0 heterocycles. The Hall–Kier alpha value is -2.66. The van der Waals surface area contributed by atoms with E-state index in [0.29, 0.717) is 0 Å². The Kier molecular flexibility index (Phi) is 7.75. The smallest absolute Gasteiger partial charge is 0.408 e. The van der Waals surface area contributed by atoms with Crippen LogP contribution < -0.4 is 15.4 Å². The highest BCUT2D eigenvalue weighted by atomic mass is 32.2. The highest BCUT2D eigenvalue weighted by molar-refractivity contribution is 7.89. The van der Waals surface area contributed by atoms with Gasteiger partial charge >= 0.3 is 12.1 Å². The number of esters is 1. The van der Waals surface area contributed by atoms with Crippen LogP contribution >= 0.6 is 0 Å². The third-order valence-electron chi connectivity index (χ3n) is 3.33. The highest BCUT2D eigenvalue weighted by Crippen LogP contribution is 2.22. The second-order valence-electron chi connectivity index (χ2n) is 7.62. The lowest BCUT2D eigenvalue weighted by molar-refractivity contribution is -0.146. The summed E-state index contributed by atoms with van der Waals surface area (Å²) in [6.07, 6.45) is -0.782. The van der Waals surface area contributed by atoms with Gasteiger partial charge in [0.25, 0.3) is 0 Å². The number of carbonyl (C=O) groups excluding carboxylic acids is 3. The normalized spacial score (nSPS) is 12.1. The number of methoxy groups -OCH3 is 1. The largest absolute Gasteiger partial charge is 0.468 e. The molecule has 29 heavy (non-hydrogen) atoms. The van der Waals surface area contributed by atoms with E-state index < -0.39 is 45.7 Å². The van der Waals surface area contributed by atoms with Crippen LogP contribution in [0.2, 0.25) is 0 Å². The minimum Gasteiger partial charge on any atom is -0.468 e. The van der Waals surface area contributed by atoms with Crippen LogP contribution in [0, 0.1) is 0 Å². The number of nitrogens with one attached hydrogen (secondary N) is 3. The van der Waals surface area contributed by atoms with E-state index in [2.05, 4.69) is 20.1 Å². The number of rotatable bonds is 7. The van der Waals surface area contributed by atoms with E-state index in [1.165, 1.54) is 38.1 Å². The number of sulfonamides is 1. The molecule has 0 atom stereocenters. The lowest BCUT2D eigenvalue weighted by Crippen LogP contribution is -2.50. The van der Waals surface area contributed by atoms with Gasteiger partial charge in [0.2, 0.25) is 15.9 Å². The van der Waals surface area contributed by atoms with E-state index >= 15 is 0 Å². The fourth-order valence-electron chi connectivity index (χ4n) is 2.15. The lowest BCUT2D eigenvalue weighted by Gasteiger charge is -2.23. The molecular weight excluding hydrogens is 402 g/mol. The first-order valence-electron chi connectivity index (χ1n) is 8.66. The van der Waals surface area contributed by atoms with Gasteiger partial charge in [-0.25, -0.2) is 13.2 Å². The molecule has 0 aliphatic heterocycles. The predicted octanol–water partition coefficient (Wildman–Crippen LogP) is 1.38. The average Bonchev–Trinajstić information content (AvgIpc) is 2.57. The molecule has 2 amide bonds. The van der Waals surface area contributed by atoms with E-state index in [-0.39, 0.29) is 10.6 Å². The number of ether oxygens (including phenoxy) is 2. The second kappa shape index (κ2) is 9.23. The number of hydrogen-bond acceptors (Lipinski definition) is 7. The number of para-hydroxylation sites is 1. The van der Waals surface area contributed by atoms with Gasteiger partial charge in [-0.2, -0.15) is 4.72 Å². The molecule has 0 radical (unpaired) electrons. The summed E-state index contributed by atoms with van der Waals surface area (Å²) >= 11 is 0. The van der Waals surface area contributed by atoms with Crippen molar-refractivity contribution in [1.29, 1.82) is 0 Å². The summed E-state index contributed by atoms with van der Waals surface area (Å²) in [5.41, 5.74) is -2.26. The van der Waals surface area contributed by atoms with Crippen molar-refractivity contribution in [2.24, 2.45) is 0 Å². The first-order chi connectivity index (χ1) is 13.2. The van der Waals surface area contributed by atoms with Gasteiger partial charge in [0.1, 0.15) is 22.6 Å². The van der Waals surface area contributed by atoms with Crippen LogP contribution in [0.3, 0.4) is 0 Å². The van der Waals surface area contributed by atoms with Crippen molar-refractivity contribution < 1.29 is 32.3 Å². The summed E-state index contributed by atoms with van der Waals surface area (Å²) in [5.74, 6) is -1.44. The first kappa shape index (κ1) is 24.4. The van der Waals surface area contributed by atoms with Crippen LogP contribution in [0.25, 0.3) is 0 Å². The maximum atomic E-state index is 12.7. The van der Waals surface area contributed by atoms with Crippen LogP contribution in [0.4, 0.5) is 10.5 Å². The maximum absolute atomic E-state index is 12.7. The van der Waals surface area contributed by atoms with Crippen molar-refractivity contribution in [2.75, 3.05) is 19.0 Å². The van der Waals surface area contributed by atoms with Crippen LogP contribution in [-0.2, 0) is 29.1 Å². The number of alkyl carbamates (subject to hydrolysis) is 1. The zero-order chi connectivity index (χ0) is 22.5. The Morgan fingerprint density at radius 1 is 1.03 bits per heavy atom. The standard InChI is InChI=1S/C18H27N3O7S/c1-17(2,3)28-16(24)19-11-14(22)20-12-9-7-8-10-13(12)29(25,26)21-18(4,5)15(23)27-6/h7-10,21H,11H2,1-6H3,(H,19,24)(H,20,22). The van der Waals surface area contributed by atoms with Crippen LogP contribution in [0.5, 0.6) is 0 Å². The van der Waals surface area contributed by atoms with Crippen molar-refractivity contribution in [1.82, 2.24) is 10.0 Å². The van der Waals surface area contributed by atoms with Crippen molar-refractivity contribution >= 4 is 33.7 Å². The molecule has 1 aromatic rings. The topological polar surface area (TPSA) is 140 Å². The molecule has 1 aromatic carbocycles. The molecule has 3 N–H and O–H groups in total. The van der Waals surface area contributed by atoms with Gasteiger partial charge in [0, 0.05) is 0 Å². The Balaban J connectivity index is 2.92. The molecule has 1 rings (SSSR count). The quantitative estimate of drug-likeness (QED) is 0.556. The molecule has 10 nitrogen and oxygen atoms in total. The van der Waals surface area contributed by atoms with E-state index in [9.17, 15) is 22.8 Å². The van der Waals surface area contributed by atoms with E-state index in [4.69, 9.17) is 4.74 Å². The van der Waals surface area contributed by atoms with E-state index in [1.54, 1.807) is 20.8 Å². The summed E-state index contributed by atoms with van der Waals surface area (Å²) in [4.78, 5) is 35.3.